The lowest BCUT2D eigenvalue weighted by atomic mass is 10.1. The molecule has 0 radical (unpaired) electrons. The number of para-hydroxylation sites is 1. The molecule has 0 unspecified atom stereocenters. The van der Waals surface area contributed by atoms with Crippen LogP contribution in [0.3, 0.4) is 0 Å². The minimum absolute atomic E-state index is 0.520. The Morgan fingerprint density at radius 1 is 0.963 bits per heavy atom. The SMILES string of the molecule is c1ccc(-c2cc3c([nH]c4ccccc43)c(OCCn3ccnc3)n2)cc1. The lowest BCUT2D eigenvalue weighted by Gasteiger charge is -2.09. The number of benzene rings is 2. The molecule has 2 aromatic carbocycles. The van der Waals surface area contributed by atoms with Crippen LogP contribution in [0.25, 0.3) is 33.1 Å². The minimum atomic E-state index is 0.520. The highest BCUT2D eigenvalue weighted by Crippen LogP contribution is 2.34. The summed E-state index contributed by atoms with van der Waals surface area (Å²) < 4.78 is 8.08. The molecule has 5 heteroatoms. The summed E-state index contributed by atoms with van der Waals surface area (Å²) in [5.74, 6) is 0.627. The molecule has 0 saturated carbocycles. The van der Waals surface area contributed by atoms with E-state index < -0.39 is 0 Å². The van der Waals surface area contributed by atoms with Gasteiger partial charge < -0.3 is 14.3 Å². The molecule has 0 atom stereocenters. The zero-order chi connectivity index (χ0) is 18.1. The van der Waals surface area contributed by atoms with Crippen molar-refractivity contribution in [3.63, 3.8) is 0 Å². The third-order valence-corrected chi connectivity index (χ3v) is 4.68. The number of nitrogens with one attached hydrogen (secondary N) is 1. The number of H-pyrrole nitrogens is 1. The Balaban J connectivity index is 1.60. The second-order valence-electron chi connectivity index (χ2n) is 6.42. The van der Waals surface area contributed by atoms with Gasteiger partial charge in [-0.15, -0.1) is 0 Å². The lowest BCUT2D eigenvalue weighted by molar-refractivity contribution is 0.291. The zero-order valence-corrected chi connectivity index (χ0v) is 14.7. The van der Waals surface area contributed by atoms with Crippen LogP contribution in [0.2, 0.25) is 0 Å². The van der Waals surface area contributed by atoms with Gasteiger partial charge in [0, 0.05) is 34.2 Å². The predicted octanol–water partition coefficient (Wildman–Crippen LogP) is 4.66. The van der Waals surface area contributed by atoms with E-state index in [0.717, 1.165) is 34.2 Å². The van der Waals surface area contributed by atoms with Gasteiger partial charge in [0.05, 0.1) is 18.6 Å². The molecule has 27 heavy (non-hydrogen) atoms. The van der Waals surface area contributed by atoms with E-state index >= 15 is 0 Å². The van der Waals surface area contributed by atoms with Crippen molar-refractivity contribution in [1.29, 1.82) is 0 Å². The van der Waals surface area contributed by atoms with E-state index in [1.807, 2.05) is 35.0 Å². The molecule has 0 saturated heterocycles. The molecule has 3 aromatic heterocycles. The van der Waals surface area contributed by atoms with E-state index in [9.17, 15) is 0 Å². The fourth-order valence-corrected chi connectivity index (χ4v) is 3.34. The van der Waals surface area contributed by atoms with Gasteiger partial charge >= 0.3 is 0 Å². The fourth-order valence-electron chi connectivity index (χ4n) is 3.34. The van der Waals surface area contributed by atoms with Crippen LogP contribution in [0.15, 0.2) is 79.4 Å². The Bertz CT molecular complexity index is 1190. The van der Waals surface area contributed by atoms with Crippen LogP contribution in [0.5, 0.6) is 5.88 Å². The lowest BCUT2D eigenvalue weighted by Crippen LogP contribution is -2.08. The van der Waals surface area contributed by atoms with Crippen molar-refractivity contribution in [3.8, 4) is 17.1 Å². The number of aromatic amines is 1. The van der Waals surface area contributed by atoms with Crippen LogP contribution in [0.4, 0.5) is 0 Å². The molecule has 3 heterocycles. The summed E-state index contributed by atoms with van der Waals surface area (Å²) >= 11 is 0. The van der Waals surface area contributed by atoms with Gasteiger partial charge in [0.1, 0.15) is 12.1 Å². The van der Waals surface area contributed by atoms with Crippen LogP contribution < -0.4 is 4.74 Å². The van der Waals surface area contributed by atoms with Crippen LogP contribution in [-0.4, -0.2) is 26.1 Å². The van der Waals surface area contributed by atoms with E-state index in [2.05, 4.69) is 46.4 Å². The largest absolute Gasteiger partial charge is 0.474 e. The van der Waals surface area contributed by atoms with Gasteiger partial charge in [0.15, 0.2) is 0 Å². The topological polar surface area (TPSA) is 55.7 Å². The van der Waals surface area contributed by atoms with Crippen LogP contribution in [0, 0.1) is 0 Å². The number of pyridine rings is 1. The van der Waals surface area contributed by atoms with Crippen molar-refractivity contribution in [3.05, 3.63) is 79.4 Å². The molecule has 0 aliphatic carbocycles. The van der Waals surface area contributed by atoms with Gasteiger partial charge in [0.25, 0.3) is 0 Å². The van der Waals surface area contributed by atoms with E-state index in [1.54, 1.807) is 12.5 Å². The third kappa shape index (κ3) is 2.93. The number of hydrogen-bond donors (Lipinski definition) is 1. The van der Waals surface area contributed by atoms with Gasteiger partial charge in [-0.1, -0.05) is 48.5 Å². The molecule has 5 rings (SSSR count). The second-order valence-corrected chi connectivity index (χ2v) is 6.42. The highest BCUT2D eigenvalue weighted by molar-refractivity contribution is 6.09. The molecule has 0 aliphatic heterocycles. The monoisotopic (exact) mass is 354 g/mol. The van der Waals surface area contributed by atoms with Gasteiger partial charge in [-0.3, -0.25) is 0 Å². The number of nitrogens with zero attached hydrogens (tertiary/aromatic N) is 3. The van der Waals surface area contributed by atoms with Gasteiger partial charge in [-0.2, -0.15) is 0 Å². The smallest absolute Gasteiger partial charge is 0.239 e. The van der Waals surface area contributed by atoms with Crippen molar-refractivity contribution < 1.29 is 4.74 Å². The first kappa shape index (κ1) is 15.6. The normalized spacial score (nSPS) is 11.3. The first-order chi connectivity index (χ1) is 13.4. The summed E-state index contributed by atoms with van der Waals surface area (Å²) in [5, 5.41) is 2.30. The molecular weight excluding hydrogens is 336 g/mol. The molecule has 0 spiro atoms. The quantitative estimate of drug-likeness (QED) is 0.499. The number of imidazole rings is 1. The van der Waals surface area contributed by atoms with Crippen molar-refractivity contribution in [2.24, 2.45) is 0 Å². The molecule has 0 aliphatic rings. The molecule has 5 aromatic rings. The predicted molar refractivity (Wildman–Crippen MR) is 107 cm³/mol. The van der Waals surface area contributed by atoms with E-state index in [0.29, 0.717) is 12.5 Å². The number of ether oxygens (including phenoxy) is 1. The summed E-state index contributed by atoms with van der Waals surface area (Å²) in [5.41, 5.74) is 4.00. The molecule has 0 bridgehead atoms. The van der Waals surface area contributed by atoms with Crippen molar-refractivity contribution >= 4 is 21.8 Å². The standard InChI is InChI=1S/C22H18N4O/c1-2-6-16(7-3-1)20-14-18-17-8-4-5-9-19(17)24-21(18)22(25-20)27-13-12-26-11-10-23-15-26/h1-11,14-15,24H,12-13H2. The van der Waals surface area contributed by atoms with Crippen LogP contribution in [-0.2, 0) is 6.54 Å². The Hall–Kier alpha value is -3.60. The number of hydrogen-bond acceptors (Lipinski definition) is 3. The Kier molecular flexibility index (Phi) is 3.83. The van der Waals surface area contributed by atoms with Gasteiger partial charge in [-0.05, 0) is 12.1 Å². The molecule has 0 fully saturated rings. The Morgan fingerprint density at radius 3 is 2.67 bits per heavy atom. The molecule has 5 nitrogen and oxygen atoms in total. The minimum Gasteiger partial charge on any atom is -0.474 e. The van der Waals surface area contributed by atoms with Crippen molar-refractivity contribution in [2.45, 2.75) is 6.54 Å². The summed E-state index contributed by atoms with van der Waals surface area (Å²) in [6, 6.07) is 20.6. The summed E-state index contributed by atoms with van der Waals surface area (Å²) in [7, 11) is 0. The number of fused-ring (bicyclic) bond motifs is 3. The molecule has 132 valence electrons. The first-order valence-electron chi connectivity index (χ1n) is 8.94. The van der Waals surface area contributed by atoms with E-state index in [-0.39, 0.29) is 0 Å². The Labute approximate surface area is 156 Å². The summed E-state index contributed by atoms with van der Waals surface area (Å²) in [6.45, 7) is 1.24. The highest BCUT2D eigenvalue weighted by Gasteiger charge is 2.13. The average Bonchev–Trinajstić information content (AvgIpc) is 3.36. The third-order valence-electron chi connectivity index (χ3n) is 4.68. The number of rotatable bonds is 5. The maximum absolute atomic E-state index is 6.09. The molecule has 0 amide bonds. The average molecular weight is 354 g/mol. The van der Waals surface area contributed by atoms with Crippen LogP contribution >= 0.6 is 0 Å². The Morgan fingerprint density at radius 2 is 1.81 bits per heavy atom. The van der Waals surface area contributed by atoms with Gasteiger partial charge in [0.2, 0.25) is 5.88 Å². The fraction of sp³-hybridized carbons (Fsp3) is 0.0909. The second kappa shape index (κ2) is 6.61. The first-order valence-corrected chi connectivity index (χ1v) is 8.94. The molecular formula is C22H18N4O. The highest BCUT2D eigenvalue weighted by atomic mass is 16.5. The number of aromatic nitrogens is 4. The maximum atomic E-state index is 6.09. The molecule has 1 N–H and O–H groups in total. The van der Waals surface area contributed by atoms with Gasteiger partial charge in [-0.25, -0.2) is 9.97 Å². The van der Waals surface area contributed by atoms with E-state index in [4.69, 9.17) is 9.72 Å². The summed E-state index contributed by atoms with van der Waals surface area (Å²) in [6.07, 6.45) is 5.48. The zero-order valence-electron chi connectivity index (χ0n) is 14.7. The van der Waals surface area contributed by atoms with E-state index in [1.165, 1.54) is 5.39 Å². The maximum Gasteiger partial charge on any atom is 0.239 e. The van der Waals surface area contributed by atoms with Crippen molar-refractivity contribution in [1.82, 2.24) is 19.5 Å². The van der Waals surface area contributed by atoms with Crippen molar-refractivity contribution in [2.75, 3.05) is 6.61 Å². The summed E-state index contributed by atoms with van der Waals surface area (Å²) in [4.78, 5) is 12.3. The van der Waals surface area contributed by atoms with Crippen LogP contribution in [0.1, 0.15) is 0 Å².